The Labute approximate surface area is 116 Å². The summed E-state index contributed by atoms with van der Waals surface area (Å²) in [7, 11) is 0. The second kappa shape index (κ2) is 6.04. The summed E-state index contributed by atoms with van der Waals surface area (Å²) in [6, 6.07) is 5.91. The van der Waals surface area contributed by atoms with Gasteiger partial charge in [-0.25, -0.2) is 4.39 Å². The second-order valence-electron chi connectivity index (χ2n) is 6.11. The highest BCUT2D eigenvalue weighted by Crippen LogP contribution is 2.33. The molecule has 1 aromatic rings. The normalized spacial score (nSPS) is 15.8. The van der Waals surface area contributed by atoms with Crippen molar-refractivity contribution in [2.45, 2.75) is 58.9 Å². The highest BCUT2D eigenvalue weighted by Gasteiger charge is 2.30. The van der Waals surface area contributed by atoms with Gasteiger partial charge in [0.05, 0.1) is 0 Å². The highest BCUT2D eigenvalue weighted by molar-refractivity contribution is 5.27. The molecule has 0 radical (unpaired) electrons. The third-order valence-corrected chi connectivity index (χ3v) is 4.72. The van der Waals surface area contributed by atoms with Crippen LogP contribution >= 0.6 is 0 Å². The topological polar surface area (TPSA) is 12.0 Å². The van der Waals surface area contributed by atoms with Crippen LogP contribution in [0.4, 0.5) is 4.39 Å². The first-order valence-corrected chi connectivity index (χ1v) is 7.57. The molecule has 0 saturated heterocycles. The number of aryl methyl sites for hydroxylation is 1. The fraction of sp³-hybridized carbons (Fsp3) is 0.647. The number of hydrogen-bond acceptors (Lipinski definition) is 1. The molecule has 0 bridgehead atoms. The van der Waals surface area contributed by atoms with E-state index in [1.165, 1.54) is 24.0 Å². The molecule has 1 saturated carbocycles. The standard InChI is InChI=1S/C17H26FN/c1-4-17(5-2,12-19-16-8-9-16)11-14-10-15(18)7-6-13(14)3/h6-7,10,16,19H,4-5,8-9,11-12H2,1-3H3. The van der Waals surface area contributed by atoms with Gasteiger partial charge < -0.3 is 5.32 Å². The number of halogens is 1. The predicted octanol–water partition coefficient (Wildman–Crippen LogP) is 4.24. The van der Waals surface area contributed by atoms with Crippen LogP contribution in [0.2, 0.25) is 0 Å². The first kappa shape index (κ1) is 14.5. The van der Waals surface area contributed by atoms with Gasteiger partial charge in [0.2, 0.25) is 0 Å². The highest BCUT2D eigenvalue weighted by atomic mass is 19.1. The lowest BCUT2D eigenvalue weighted by Crippen LogP contribution is -2.36. The summed E-state index contributed by atoms with van der Waals surface area (Å²) in [6.07, 6.45) is 5.90. The summed E-state index contributed by atoms with van der Waals surface area (Å²) in [5.41, 5.74) is 2.64. The van der Waals surface area contributed by atoms with Gasteiger partial charge in [-0.2, -0.15) is 0 Å². The molecule has 1 aliphatic carbocycles. The Balaban J connectivity index is 2.11. The minimum Gasteiger partial charge on any atom is -0.313 e. The Morgan fingerprint density at radius 3 is 2.53 bits per heavy atom. The van der Waals surface area contributed by atoms with Gasteiger partial charge in [0.15, 0.2) is 0 Å². The van der Waals surface area contributed by atoms with Gasteiger partial charge in [-0.05, 0) is 67.7 Å². The zero-order chi connectivity index (χ0) is 13.9. The van der Waals surface area contributed by atoms with Crippen LogP contribution in [-0.4, -0.2) is 12.6 Å². The molecule has 0 spiro atoms. The molecule has 0 atom stereocenters. The van der Waals surface area contributed by atoms with Gasteiger partial charge in [0.25, 0.3) is 0 Å². The monoisotopic (exact) mass is 263 g/mol. The van der Waals surface area contributed by atoms with Crippen molar-refractivity contribution in [3.05, 3.63) is 35.1 Å². The molecule has 1 aliphatic rings. The second-order valence-corrected chi connectivity index (χ2v) is 6.11. The van der Waals surface area contributed by atoms with Gasteiger partial charge in [-0.15, -0.1) is 0 Å². The van der Waals surface area contributed by atoms with Crippen molar-refractivity contribution in [1.29, 1.82) is 0 Å². The van der Waals surface area contributed by atoms with E-state index in [9.17, 15) is 4.39 Å². The smallest absolute Gasteiger partial charge is 0.123 e. The molecule has 19 heavy (non-hydrogen) atoms. The van der Waals surface area contributed by atoms with E-state index in [1.54, 1.807) is 12.1 Å². The Hall–Kier alpha value is -0.890. The fourth-order valence-electron chi connectivity index (χ4n) is 2.70. The Kier molecular flexibility index (Phi) is 4.62. The van der Waals surface area contributed by atoms with E-state index in [0.717, 1.165) is 31.8 Å². The van der Waals surface area contributed by atoms with E-state index in [-0.39, 0.29) is 11.2 Å². The van der Waals surface area contributed by atoms with Crippen molar-refractivity contribution in [3.8, 4) is 0 Å². The molecule has 0 aliphatic heterocycles. The number of hydrogen-bond donors (Lipinski definition) is 1. The van der Waals surface area contributed by atoms with Crippen LogP contribution < -0.4 is 5.32 Å². The van der Waals surface area contributed by atoms with E-state index < -0.39 is 0 Å². The summed E-state index contributed by atoms with van der Waals surface area (Å²) in [5, 5.41) is 3.66. The summed E-state index contributed by atoms with van der Waals surface area (Å²) in [6.45, 7) is 7.65. The van der Waals surface area contributed by atoms with Crippen molar-refractivity contribution in [1.82, 2.24) is 5.32 Å². The maximum atomic E-state index is 13.4. The van der Waals surface area contributed by atoms with Crippen LogP contribution in [0.3, 0.4) is 0 Å². The van der Waals surface area contributed by atoms with Gasteiger partial charge in [0, 0.05) is 12.6 Å². The quantitative estimate of drug-likeness (QED) is 0.776. The fourth-order valence-corrected chi connectivity index (χ4v) is 2.70. The predicted molar refractivity (Wildman–Crippen MR) is 78.9 cm³/mol. The van der Waals surface area contributed by atoms with Crippen LogP contribution in [0.25, 0.3) is 0 Å². The van der Waals surface area contributed by atoms with Crippen LogP contribution in [0.1, 0.15) is 50.7 Å². The molecule has 1 N–H and O–H groups in total. The summed E-state index contributed by atoms with van der Waals surface area (Å²) in [4.78, 5) is 0. The Bertz CT molecular complexity index is 419. The van der Waals surface area contributed by atoms with Crippen LogP contribution in [0, 0.1) is 18.2 Å². The zero-order valence-corrected chi connectivity index (χ0v) is 12.4. The Morgan fingerprint density at radius 1 is 1.26 bits per heavy atom. The van der Waals surface area contributed by atoms with Crippen LogP contribution in [0.15, 0.2) is 18.2 Å². The van der Waals surface area contributed by atoms with E-state index in [1.807, 2.05) is 6.07 Å². The molecule has 0 amide bonds. The summed E-state index contributed by atoms with van der Waals surface area (Å²) < 4.78 is 13.4. The third kappa shape index (κ3) is 3.79. The lowest BCUT2D eigenvalue weighted by atomic mass is 9.76. The van der Waals surface area contributed by atoms with E-state index in [0.29, 0.717) is 0 Å². The summed E-state index contributed by atoms with van der Waals surface area (Å²) in [5.74, 6) is -0.114. The number of rotatable bonds is 7. The van der Waals surface area contributed by atoms with E-state index in [4.69, 9.17) is 0 Å². The van der Waals surface area contributed by atoms with Crippen LogP contribution in [-0.2, 0) is 6.42 Å². The average Bonchev–Trinajstić information content (AvgIpc) is 3.23. The maximum absolute atomic E-state index is 13.4. The average molecular weight is 263 g/mol. The number of benzene rings is 1. The van der Waals surface area contributed by atoms with Gasteiger partial charge >= 0.3 is 0 Å². The maximum Gasteiger partial charge on any atom is 0.123 e. The first-order valence-electron chi connectivity index (χ1n) is 7.57. The van der Waals surface area contributed by atoms with Gasteiger partial charge in [0.1, 0.15) is 5.82 Å². The molecule has 0 aromatic heterocycles. The molecule has 1 nitrogen and oxygen atoms in total. The molecule has 106 valence electrons. The van der Waals surface area contributed by atoms with Crippen molar-refractivity contribution < 1.29 is 4.39 Å². The Morgan fingerprint density at radius 2 is 1.95 bits per heavy atom. The molecule has 0 unspecified atom stereocenters. The molecule has 1 aromatic carbocycles. The minimum atomic E-state index is -0.114. The molecule has 0 heterocycles. The van der Waals surface area contributed by atoms with E-state index >= 15 is 0 Å². The molecular formula is C17H26FN. The van der Waals surface area contributed by atoms with Gasteiger partial charge in [-0.1, -0.05) is 19.9 Å². The number of nitrogens with one attached hydrogen (secondary N) is 1. The lowest BCUT2D eigenvalue weighted by molar-refractivity contribution is 0.245. The van der Waals surface area contributed by atoms with Gasteiger partial charge in [-0.3, -0.25) is 0 Å². The largest absolute Gasteiger partial charge is 0.313 e. The first-order chi connectivity index (χ1) is 9.08. The van der Waals surface area contributed by atoms with Crippen molar-refractivity contribution in [3.63, 3.8) is 0 Å². The molecular weight excluding hydrogens is 237 g/mol. The van der Waals surface area contributed by atoms with Crippen molar-refractivity contribution >= 4 is 0 Å². The van der Waals surface area contributed by atoms with Crippen molar-refractivity contribution in [2.24, 2.45) is 5.41 Å². The molecule has 1 fully saturated rings. The molecule has 2 rings (SSSR count). The van der Waals surface area contributed by atoms with Crippen LogP contribution in [0.5, 0.6) is 0 Å². The molecule has 2 heteroatoms. The minimum absolute atomic E-state index is 0.114. The lowest BCUT2D eigenvalue weighted by Gasteiger charge is -2.33. The summed E-state index contributed by atoms with van der Waals surface area (Å²) >= 11 is 0. The van der Waals surface area contributed by atoms with Crippen molar-refractivity contribution in [2.75, 3.05) is 6.54 Å². The third-order valence-electron chi connectivity index (χ3n) is 4.72. The SMILES string of the molecule is CCC(CC)(CNC1CC1)Cc1cc(F)ccc1C. The zero-order valence-electron chi connectivity index (χ0n) is 12.4. The van der Waals surface area contributed by atoms with E-state index in [2.05, 4.69) is 26.1 Å².